The third-order valence-electron chi connectivity index (χ3n) is 6.10. The van der Waals surface area contributed by atoms with Gasteiger partial charge in [0.15, 0.2) is 11.5 Å². The Balaban J connectivity index is 1.50. The van der Waals surface area contributed by atoms with E-state index >= 15 is 0 Å². The summed E-state index contributed by atoms with van der Waals surface area (Å²) in [4.78, 5) is 25.1. The van der Waals surface area contributed by atoms with Gasteiger partial charge in [-0.3, -0.25) is 4.79 Å². The lowest BCUT2D eigenvalue weighted by molar-refractivity contribution is 0.0927. The van der Waals surface area contributed by atoms with E-state index in [4.69, 9.17) is 24.7 Å². The Labute approximate surface area is 190 Å². The molecule has 10 nitrogen and oxygen atoms in total. The number of hydrogen-bond donors (Lipinski definition) is 3. The van der Waals surface area contributed by atoms with Crippen LogP contribution in [0.15, 0.2) is 24.7 Å². The number of rotatable bonds is 7. The monoisotopic (exact) mass is 453 g/mol. The van der Waals surface area contributed by atoms with Crippen molar-refractivity contribution < 1.29 is 23.7 Å². The summed E-state index contributed by atoms with van der Waals surface area (Å²) in [7, 11) is 1.62. The van der Waals surface area contributed by atoms with Crippen molar-refractivity contribution in [1.29, 1.82) is 0 Å². The number of benzene rings is 1. The summed E-state index contributed by atoms with van der Waals surface area (Å²) in [6.45, 7) is 0.911. The SMILES string of the molecule is COCCOc1ccc2c(c1-c1ncnc3c(C(=O)N[C@H]4CC[C@@H](N)CC4)c[nH]c13)OCO2. The summed E-state index contributed by atoms with van der Waals surface area (Å²) >= 11 is 0. The molecule has 3 heterocycles. The van der Waals surface area contributed by atoms with Crippen molar-refractivity contribution >= 4 is 16.9 Å². The molecule has 10 heteroatoms. The van der Waals surface area contributed by atoms with Crippen molar-refractivity contribution in [3.05, 3.63) is 30.2 Å². The average molecular weight is 453 g/mol. The number of methoxy groups -OCH3 is 1. The largest absolute Gasteiger partial charge is 0.490 e. The first-order valence-electron chi connectivity index (χ1n) is 11.1. The summed E-state index contributed by atoms with van der Waals surface area (Å²) in [6, 6.07) is 3.96. The molecule has 1 aliphatic carbocycles. The van der Waals surface area contributed by atoms with E-state index in [0.717, 1.165) is 25.7 Å². The van der Waals surface area contributed by atoms with E-state index in [1.54, 1.807) is 19.4 Å². The molecule has 174 valence electrons. The molecule has 1 saturated carbocycles. The van der Waals surface area contributed by atoms with Gasteiger partial charge in [0.2, 0.25) is 6.79 Å². The molecule has 1 amide bonds. The van der Waals surface area contributed by atoms with Crippen molar-refractivity contribution in [2.75, 3.05) is 27.1 Å². The van der Waals surface area contributed by atoms with E-state index in [0.29, 0.717) is 58.3 Å². The smallest absolute Gasteiger partial charge is 0.255 e. The maximum Gasteiger partial charge on any atom is 0.255 e. The zero-order valence-corrected chi connectivity index (χ0v) is 18.4. The molecule has 4 N–H and O–H groups in total. The van der Waals surface area contributed by atoms with Gasteiger partial charge >= 0.3 is 0 Å². The lowest BCUT2D eigenvalue weighted by Crippen LogP contribution is -2.40. The van der Waals surface area contributed by atoms with E-state index < -0.39 is 0 Å². The first kappa shape index (κ1) is 21.5. The Kier molecular flexibility index (Phi) is 6.01. The number of ether oxygens (including phenoxy) is 4. The van der Waals surface area contributed by atoms with Crippen molar-refractivity contribution in [2.24, 2.45) is 5.73 Å². The highest BCUT2D eigenvalue weighted by molar-refractivity contribution is 6.08. The predicted octanol–water partition coefficient (Wildman–Crippen LogP) is 2.38. The van der Waals surface area contributed by atoms with Gasteiger partial charge in [0.25, 0.3) is 5.91 Å². The van der Waals surface area contributed by atoms with Gasteiger partial charge < -0.3 is 35.0 Å². The van der Waals surface area contributed by atoms with Crippen molar-refractivity contribution in [3.63, 3.8) is 0 Å². The highest BCUT2D eigenvalue weighted by Gasteiger charge is 2.28. The second kappa shape index (κ2) is 9.24. The molecule has 1 fully saturated rings. The summed E-state index contributed by atoms with van der Waals surface area (Å²) < 4.78 is 22.4. The number of carbonyl (C=O) groups is 1. The van der Waals surface area contributed by atoms with Gasteiger partial charge in [0.1, 0.15) is 29.9 Å². The lowest BCUT2D eigenvalue weighted by Gasteiger charge is -2.26. The Bertz CT molecular complexity index is 1160. The third kappa shape index (κ3) is 4.19. The molecule has 0 saturated heterocycles. The molecule has 0 spiro atoms. The molecule has 2 aliphatic rings. The van der Waals surface area contributed by atoms with E-state index in [9.17, 15) is 4.79 Å². The molecule has 3 aromatic rings. The minimum absolute atomic E-state index is 0.113. The average Bonchev–Trinajstić information content (AvgIpc) is 3.48. The van der Waals surface area contributed by atoms with Crippen molar-refractivity contribution in [2.45, 2.75) is 37.8 Å². The van der Waals surface area contributed by atoms with Crippen LogP contribution in [0.3, 0.4) is 0 Å². The Morgan fingerprint density at radius 2 is 2.06 bits per heavy atom. The van der Waals surface area contributed by atoms with Gasteiger partial charge in [-0.05, 0) is 37.8 Å². The third-order valence-corrected chi connectivity index (χ3v) is 6.10. The summed E-state index contributed by atoms with van der Waals surface area (Å²) in [5.74, 6) is 1.57. The van der Waals surface area contributed by atoms with E-state index in [2.05, 4.69) is 20.3 Å². The van der Waals surface area contributed by atoms with Crippen molar-refractivity contribution in [3.8, 4) is 28.5 Å². The number of nitrogens with zero attached hydrogens (tertiary/aromatic N) is 2. The number of nitrogens with two attached hydrogens (primary N) is 1. The van der Waals surface area contributed by atoms with Crippen LogP contribution in [-0.2, 0) is 4.74 Å². The minimum Gasteiger partial charge on any atom is -0.490 e. The van der Waals surface area contributed by atoms with Crippen LogP contribution in [-0.4, -0.2) is 60.1 Å². The Morgan fingerprint density at radius 1 is 1.21 bits per heavy atom. The Hall–Kier alpha value is -3.37. The van der Waals surface area contributed by atoms with Crippen LogP contribution >= 0.6 is 0 Å². The number of fused-ring (bicyclic) bond motifs is 2. The van der Waals surface area contributed by atoms with Gasteiger partial charge in [-0.15, -0.1) is 0 Å². The number of H-pyrrole nitrogens is 1. The molecule has 1 aliphatic heterocycles. The fraction of sp³-hybridized carbons (Fsp3) is 0.435. The quantitative estimate of drug-likeness (QED) is 0.464. The molecular formula is C23H27N5O5. The highest BCUT2D eigenvalue weighted by Crippen LogP contribution is 2.47. The first-order valence-corrected chi connectivity index (χ1v) is 11.1. The fourth-order valence-electron chi connectivity index (χ4n) is 4.36. The molecule has 33 heavy (non-hydrogen) atoms. The van der Waals surface area contributed by atoms with Crippen LogP contribution in [0.4, 0.5) is 0 Å². The second-order valence-electron chi connectivity index (χ2n) is 8.25. The maximum atomic E-state index is 13.0. The van der Waals surface area contributed by atoms with Crippen LogP contribution in [0.1, 0.15) is 36.0 Å². The van der Waals surface area contributed by atoms with E-state index in [-0.39, 0.29) is 24.8 Å². The number of amides is 1. The standard InChI is InChI=1S/C23H27N5O5/c1-30-8-9-31-16-6-7-17-22(33-12-32-17)18(16)20-21-19(26-11-27-20)15(10-25-21)23(29)28-14-4-2-13(24)3-5-14/h6-7,10-11,13-14,25H,2-5,8-9,12,24H2,1H3,(H,28,29)/t13-,14+. The molecule has 5 rings (SSSR count). The van der Waals surface area contributed by atoms with Gasteiger partial charge in [-0.2, -0.15) is 0 Å². The number of aromatic amines is 1. The molecule has 0 bridgehead atoms. The van der Waals surface area contributed by atoms with Crippen LogP contribution in [0.5, 0.6) is 17.2 Å². The zero-order chi connectivity index (χ0) is 22.8. The Morgan fingerprint density at radius 3 is 2.88 bits per heavy atom. The van der Waals surface area contributed by atoms with Crippen LogP contribution in [0, 0.1) is 0 Å². The fourth-order valence-corrected chi connectivity index (χ4v) is 4.36. The molecule has 0 unspecified atom stereocenters. The molecule has 0 atom stereocenters. The van der Waals surface area contributed by atoms with Crippen LogP contribution < -0.4 is 25.3 Å². The summed E-state index contributed by atoms with van der Waals surface area (Å²) in [6.07, 6.45) is 6.70. The second-order valence-corrected chi connectivity index (χ2v) is 8.25. The van der Waals surface area contributed by atoms with E-state index in [1.165, 1.54) is 6.33 Å². The first-order chi connectivity index (χ1) is 16.2. The minimum atomic E-state index is -0.166. The van der Waals surface area contributed by atoms with Gasteiger partial charge in [0, 0.05) is 25.4 Å². The van der Waals surface area contributed by atoms with Crippen LogP contribution in [0.25, 0.3) is 22.3 Å². The predicted molar refractivity (Wildman–Crippen MR) is 121 cm³/mol. The molecular weight excluding hydrogens is 426 g/mol. The van der Waals surface area contributed by atoms with E-state index in [1.807, 2.05) is 6.07 Å². The molecule has 2 aromatic heterocycles. The molecule has 0 radical (unpaired) electrons. The number of nitrogens with one attached hydrogen (secondary N) is 2. The topological polar surface area (TPSA) is 134 Å². The van der Waals surface area contributed by atoms with Crippen molar-refractivity contribution in [1.82, 2.24) is 20.3 Å². The maximum absolute atomic E-state index is 13.0. The van der Waals surface area contributed by atoms with Crippen LogP contribution in [0.2, 0.25) is 0 Å². The number of hydrogen-bond acceptors (Lipinski definition) is 8. The summed E-state index contributed by atoms with van der Waals surface area (Å²) in [5, 5.41) is 3.12. The zero-order valence-electron chi connectivity index (χ0n) is 18.4. The highest BCUT2D eigenvalue weighted by atomic mass is 16.7. The number of carbonyl (C=O) groups excluding carboxylic acids is 1. The van der Waals surface area contributed by atoms with Gasteiger partial charge in [0.05, 0.1) is 23.3 Å². The molecule has 1 aromatic carbocycles. The van der Waals surface area contributed by atoms with Gasteiger partial charge in [-0.1, -0.05) is 0 Å². The normalized spacial score (nSPS) is 19.6. The lowest BCUT2D eigenvalue weighted by atomic mass is 9.91. The van der Waals surface area contributed by atoms with Gasteiger partial charge in [-0.25, -0.2) is 9.97 Å². The number of aromatic nitrogens is 3. The summed E-state index contributed by atoms with van der Waals surface area (Å²) in [5.41, 5.74) is 8.81.